The van der Waals surface area contributed by atoms with E-state index in [2.05, 4.69) is 42.2 Å². The summed E-state index contributed by atoms with van der Waals surface area (Å²) in [7, 11) is 0. The van der Waals surface area contributed by atoms with Gasteiger partial charge in [-0.15, -0.1) is 0 Å². The molecule has 0 radical (unpaired) electrons. The highest BCUT2D eigenvalue weighted by molar-refractivity contribution is 5.78. The van der Waals surface area contributed by atoms with Gasteiger partial charge in [0, 0.05) is 36.8 Å². The molecule has 0 N–H and O–H groups in total. The third kappa shape index (κ3) is 4.14. The van der Waals surface area contributed by atoms with Crippen LogP contribution in [0.4, 0.5) is 5.82 Å². The Hall–Kier alpha value is -2.43. The third-order valence-electron chi connectivity index (χ3n) is 6.20. The van der Waals surface area contributed by atoms with E-state index in [-0.39, 0.29) is 17.9 Å². The van der Waals surface area contributed by atoms with Gasteiger partial charge in [0.15, 0.2) is 5.82 Å². The zero-order chi connectivity index (χ0) is 20.4. The molecule has 0 saturated carbocycles. The first-order chi connectivity index (χ1) is 14.0. The minimum atomic E-state index is 0.0108. The maximum absolute atomic E-state index is 12.7. The molecular formula is C24H32N4O. The van der Waals surface area contributed by atoms with Crippen LogP contribution in [0, 0.1) is 12.8 Å². The van der Waals surface area contributed by atoms with Gasteiger partial charge in [0.2, 0.25) is 5.91 Å². The molecule has 0 bridgehead atoms. The number of nitrogens with zero attached hydrogens (tertiary/aromatic N) is 4. The summed E-state index contributed by atoms with van der Waals surface area (Å²) in [5.74, 6) is 2.15. The van der Waals surface area contributed by atoms with Crippen LogP contribution < -0.4 is 4.90 Å². The molecule has 5 nitrogen and oxygen atoms in total. The molecule has 5 heteroatoms. The fourth-order valence-corrected chi connectivity index (χ4v) is 4.61. The lowest BCUT2D eigenvalue weighted by Gasteiger charge is -2.32. The van der Waals surface area contributed by atoms with E-state index in [1.54, 1.807) is 0 Å². The number of amides is 1. The quantitative estimate of drug-likeness (QED) is 0.769. The van der Waals surface area contributed by atoms with Crippen LogP contribution in [-0.2, 0) is 17.6 Å². The first-order valence-corrected chi connectivity index (χ1v) is 11.0. The average Bonchev–Trinajstić information content (AvgIpc) is 3.22. The molecule has 1 aromatic carbocycles. The van der Waals surface area contributed by atoms with Crippen molar-refractivity contribution in [2.24, 2.45) is 5.92 Å². The maximum Gasteiger partial charge on any atom is 0.225 e. The number of hydrogen-bond donors (Lipinski definition) is 0. The van der Waals surface area contributed by atoms with E-state index >= 15 is 0 Å². The van der Waals surface area contributed by atoms with Crippen molar-refractivity contribution in [2.45, 2.75) is 58.9 Å². The average molecular weight is 393 g/mol. The Labute approximate surface area is 174 Å². The molecule has 1 fully saturated rings. The topological polar surface area (TPSA) is 49.3 Å². The molecule has 2 aromatic rings. The fraction of sp³-hybridized carbons (Fsp3) is 0.542. The molecule has 1 aromatic heterocycles. The molecule has 2 aliphatic rings. The molecule has 1 atom stereocenters. The Morgan fingerprint density at radius 3 is 2.69 bits per heavy atom. The maximum atomic E-state index is 12.7. The van der Waals surface area contributed by atoms with Crippen LogP contribution in [0.2, 0.25) is 0 Å². The van der Waals surface area contributed by atoms with Crippen molar-refractivity contribution >= 4 is 11.7 Å². The molecule has 1 amide bonds. The van der Waals surface area contributed by atoms with Crippen molar-refractivity contribution in [3.63, 3.8) is 0 Å². The summed E-state index contributed by atoms with van der Waals surface area (Å²) < 4.78 is 0. The minimum absolute atomic E-state index is 0.0108. The molecule has 154 valence electrons. The Bertz CT molecular complexity index is 865. The Balaban J connectivity index is 1.60. The van der Waals surface area contributed by atoms with E-state index in [9.17, 15) is 4.79 Å². The zero-order valence-electron chi connectivity index (χ0n) is 17.9. The van der Waals surface area contributed by atoms with Gasteiger partial charge >= 0.3 is 0 Å². The van der Waals surface area contributed by atoms with E-state index in [1.165, 1.54) is 11.1 Å². The second kappa shape index (κ2) is 8.52. The molecule has 4 rings (SSSR count). The van der Waals surface area contributed by atoms with Crippen molar-refractivity contribution < 1.29 is 4.79 Å². The first kappa shape index (κ1) is 19.9. The lowest BCUT2D eigenvalue weighted by atomic mass is 10.0. The second-order valence-electron chi connectivity index (χ2n) is 8.64. The highest BCUT2D eigenvalue weighted by Gasteiger charge is 2.34. The number of aromatic nitrogens is 2. The van der Waals surface area contributed by atoms with Crippen molar-refractivity contribution in [1.29, 1.82) is 0 Å². The lowest BCUT2D eigenvalue weighted by molar-refractivity contribution is -0.135. The predicted octanol–water partition coefficient (Wildman–Crippen LogP) is 4.10. The van der Waals surface area contributed by atoms with Crippen molar-refractivity contribution in [3.8, 4) is 0 Å². The Kier molecular flexibility index (Phi) is 5.84. The SMILES string of the molecule is Cc1nc(C2CCCN2C(=O)C(C)C)nc2c1CCCN2CCc1ccccc1. The van der Waals surface area contributed by atoms with Crippen molar-refractivity contribution in [3.05, 3.63) is 53.0 Å². The van der Waals surface area contributed by atoms with Crippen LogP contribution in [0.25, 0.3) is 0 Å². The van der Waals surface area contributed by atoms with Crippen LogP contribution in [0.1, 0.15) is 61.8 Å². The summed E-state index contributed by atoms with van der Waals surface area (Å²) in [5, 5.41) is 0. The Morgan fingerprint density at radius 2 is 1.93 bits per heavy atom. The summed E-state index contributed by atoms with van der Waals surface area (Å²) in [4.78, 5) is 27.1. The summed E-state index contributed by atoms with van der Waals surface area (Å²) in [6.07, 6.45) is 5.19. The van der Waals surface area contributed by atoms with Gasteiger partial charge in [0.1, 0.15) is 5.82 Å². The molecular weight excluding hydrogens is 360 g/mol. The number of carbonyl (C=O) groups is 1. The molecule has 1 unspecified atom stereocenters. The summed E-state index contributed by atoms with van der Waals surface area (Å²) in [6.45, 7) is 8.87. The number of likely N-dealkylation sites (tertiary alicyclic amines) is 1. The van der Waals surface area contributed by atoms with Gasteiger partial charge in [0.25, 0.3) is 0 Å². The van der Waals surface area contributed by atoms with Crippen LogP contribution >= 0.6 is 0 Å². The number of benzene rings is 1. The third-order valence-corrected chi connectivity index (χ3v) is 6.20. The lowest BCUT2D eigenvalue weighted by Crippen LogP contribution is -2.36. The largest absolute Gasteiger partial charge is 0.356 e. The van der Waals surface area contributed by atoms with Crippen LogP contribution in [0.15, 0.2) is 30.3 Å². The molecule has 0 spiro atoms. The van der Waals surface area contributed by atoms with Crippen molar-refractivity contribution in [2.75, 3.05) is 24.5 Å². The monoisotopic (exact) mass is 392 g/mol. The first-order valence-electron chi connectivity index (χ1n) is 11.0. The molecule has 2 aliphatic heterocycles. The number of aryl methyl sites for hydroxylation is 1. The van der Waals surface area contributed by atoms with Crippen LogP contribution in [0.5, 0.6) is 0 Å². The smallest absolute Gasteiger partial charge is 0.225 e. The number of rotatable bonds is 5. The number of hydrogen-bond acceptors (Lipinski definition) is 4. The van der Waals surface area contributed by atoms with E-state index in [4.69, 9.17) is 9.97 Å². The molecule has 29 heavy (non-hydrogen) atoms. The highest BCUT2D eigenvalue weighted by Crippen LogP contribution is 2.35. The zero-order valence-corrected chi connectivity index (χ0v) is 17.9. The summed E-state index contributed by atoms with van der Waals surface area (Å²) in [6, 6.07) is 10.7. The van der Waals surface area contributed by atoms with Gasteiger partial charge in [-0.1, -0.05) is 44.2 Å². The Morgan fingerprint density at radius 1 is 1.14 bits per heavy atom. The number of carbonyl (C=O) groups excluding carboxylic acids is 1. The van der Waals surface area contributed by atoms with E-state index in [0.717, 1.165) is 69.1 Å². The number of fused-ring (bicyclic) bond motifs is 1. The predicted molar refractivity (Wildman–Crippen MR) is 116 cm³/mol. The van der Waals surface area contributed by atoms with Crippen LogP contribution in [0.3, 0.4) is 0 Å². The highest BCUT2D eigenvalue weighted by atomic mass is 16.2. The summed E-state index contributed by atoms with van der Waals surface area (Å²) >= 11 is 0. The van der Waals surface area contributed by atoms with Gasteiger partial charge in [-0.2, -0.15) is 0 Å². The summed E-state index contributed by atoms with van der Waals surface area (Å²) in [5.41, 5.74) is 3.72. The minimum Gasteiger partial charge on any atom is -0.356 e. The van der Waals surface area contributed by atoms with Crippen molar-refractivity contribution in [1.82, 2.24) is 14.9 Å². The molecule has 3 heterocycles. The molecule has 0 aliphatic carbocycles. The standard InChI is InChI=1S/C24H32N4O/c1-17(2)24(29)28-15-8-12-21(28)22-25-18(3)20-11-7-14-27(23(20)26-22)16-13-19-9-5-4-6-10-19/h4-6,9-10,17,21H,7-8,11-16H2,1-3H3. The van der Waals surface area contributed by atoms with Gasteiger partial charge in [-0.3, -0.25) is 4.79 Å². The second-order valence-corrected chi connectivity index (χ2v) is 8.64. The van der Waals surface area contributed by atoms with Crippen LogP contribution in [-0.4, -0.2) is 40.4 Å². The van der Waals surface area contributed by atoms with Gasteiger partial charge in [-0.05, 0) is 44.6 Å². The van der Waals surface area contributed by atoms with Gasteiger partial charge in [0.05, 0.1) is 6.04 Å². The van der Waals surface area contributed by atoms with Gasteiger partial charge in [-0.25, -0.2) is 9.97 Å². The molecule has 1 saturated heterocycles. The van der Waals surface area contributed by atoms with E-state index in [0.29, 0.717) is 0 Å². The fourth-order valence-electron chi connectivity index (χ4n) is 4.61. The van der Waals surface area contributed by atoms with E-state index < -0.39 is 0 Å². The van der Waals surface area contributed by atoms with Gasteiger partial charge < -0.3 is 9.80 Å². The van der Waals surface area contributed by atoms with E-state index in [1.807, 2.05) is 18.7 Å². The normalized spacial score (nSPS) is 19.0. The number of anilines is 1.